The summed E-state index contributed by atoms with van der Waals surface area (Å²) >= 11 is 1.52. The van der Waals surface area contributed by atoms with Crippen LogP contribution in [0.15, 0.2) is 52.7 Å². The highest BCUT2D eigenvalue weighted by Gasteiger charge is 2.19. The normalized spacial score (nSPS) is 11.5. The summed E-state index contributed by atoms with van der Waals surface area (Å²) in [6, 6.07) is 12.5. The summed E-state index contributed by atoms with van der Waals surface area (Å²) in [6.07, 6.45) is 3.39. The van der Waals surface area contributed by atoms with Crippen molar-refractivity contribution in [1.29, 1.82) is 0 Å². The highest BCUT2D eigenvalue weighted by Crippen LogP contribution is 2.27. The van der Waals surface area contributed by atoms with Gasteiger partial charge in [0.05, 0.1) is 16.3 Å². The molecule has 0 saturated heterocycles. The van der Waals surface area contributed by atoms with Crippen LogP contribution in [0.5, 0.6) is 0 Å². The molecule has 0 spiro atoms. The van der Waals surface area contributed by atoms with Gasteiger partial charge in [0.25, 0.3) is 10.0 Å². The smallest absolute Gasteiger partial charge is 0.263 e. The Bertz CT molecular complexity index is 1050. The zero-order chi connectivity index (χ0) is 20.9. The Morgan fingerprint density at radius 3 is 2.59 bits per heavy atom. The van der Waals surface area contributed by atoms with E-state index in [4.69, 9.17) is 0 Å². The molecule has 0 amide bonds. The number of aryl methyl sites for hydroxylation is 2. The molecular weight excluding hydrogens is 406 g/mol. The Balaban J connectivity index is 1.85. The molecule has 0 atom stereocenters. The average molecular weight is 432 g/mol. The lowest BCUT2D eigenvalue weighted by atomic mass is 10.1. The van der Waals surface area contributed by atoms with Gasteiger partial charge in [-0.15, -0.1) is 11.3 Å². The van der Waals surface area contributed by atoms with Gasteiger partial charge in [-0.05, 0) is 48.9 Å². The molecule has 0 aliphatic heterocycles. The van der Waals surface area contributed by atoms with Crippen molar-refractivity contribution in [2.24, 2.45) is 0 Å². The van der Waals surface area contributed by atoms with Gasteiger partial charge in [-0.1, -0.05) is 31.5 Å². The number of aromatic nitrogens is 2. The molecule has 0 fully saturated rings. The lowest BCUT2D eigenvalue weighted by molar-refractivity contribution is -0.117. The zero-order valence-electron chi connectivity index (χ0n) is 16.6. The van der Waals surface area contributed by atoms with E-state index in [0.717, 1.165) is 29.7 Å². The molecule has 0 aliphatic carbocycles. The van der Waals surface area contributed by atoms with E-state index in [9.17, 15) is 13.2 Å². The first kappa shape index (κ1) is 21.3. The highest BCUT2D eigenvalue weighted by atomic mass is 32.2. The van der Waals surface area contributed by atoms with Gasteiger partial charge >= 0.3 is 0 Å². The monoisotopic (exact) mass is 431 g/mol. The molecule has 0 unspecified atom stereocenters. The third-order valence-corrected chi connectivity index (χ3v) is 6.78. The third-order valence-electron chi connectivity index (χ3n) is 4.52. The number of anilines is 1. The second kappa shape index (κ2) is 9.37. The molecule has 0 aliphatic rings. The van der Waals surface area contributed by atoms with Gasteiger partial charge in [0.15, 0.2) is 0 Å². The summed E-state index contributed by atoms with van der Waals surface area (Å²) in [6.45, 7) is 3.95. The maximum absolute atomic E-state index is 12.9. The molecule has 154 valence electrons. The van der Waals surface area contributed by atoms with Crippen LogP contribution in [-0.2, 0) is 27.8 Å². The minimum atomic E-state index is -3.76. The predicted octanol–water partition coefficient (Wildman–Crippen LogP) is 4.73. The highest BCUT2D eigenvalue weighted by molar-refractivity contribution is 7.92. The largest absolute Gasteiger partial charge is 0.300 e. The van der Waals surface area contributed by atoms with Gasteiger partial charge in [-0.3, -0.25) is 9.52 Å². The number of hydrogen-bond acceptors (Lipinski definition) is 5. The molecule has 3 rings (SSSR count). The first-order valence-electron chi connectivity index (χ1n) is 9.62. The predicted molar refractivity (Wildman–Crippen MR) is 117 cm³/mol. The Morgan fingerprint density at radius 1 is 1.21 bits per heavy atom. The van der Waals surface area contributed by atoms with Crippen molar-refractivity contribution >= 4 is 33.0 Å². The summed E-state index contributed by atoms with van der Waals surface area (Å²) in [5.41, 5.74) is 1.80. The Hall–Kier alpha value is -2.45. The Kier molecular flexibility index (Phi) is 6.87. The molecular formula is C21H25N3O3S2. The fourth-order valence-corrected chi connectivity index (χ4v) is 4.62. The van der Waals surface area contributed by atoms with E-state index in [1.165, 1.54) is 18.3 Å². The van der Waals surface area contributed by atoms with Gasteiger partial charge < -0.3 is 0 Å². The van der Waals surface area contributed by atoms with Crippen LogP contribution in [0.25, 0.3) is 10.6 Å². The first-order valence-corrected chi connectivity index (χ1v) is 12.0. The van der Waals surface area contributed by atoms with E-state index < -0.39 is 10.0 Å². The van der Waals surface area contributed by atoms with E-state index in [0.29, 0.717) is 18.1 Å². The van der Waals surface area contributed by atoms with Crippen molar-refractivity contribution in [3.05, 3.63) is 53.4 Å². The number of rotatable bonds is 10. The number of unbranched alkanes of at least 4 members (excludes halogenated alkanes) is 1. The van der Waals surface area contributed by atoms with Crippen molar-refractivity contribution in [3.63, 3.8) is 0 Å². The SMILES string of the molecule is CCCCc1ccc(S(=O)(=O)Nc2cc(-c3cccs3)nn2CCC(C)=O)cc1. The molecule has 29 heavy (non-hydrogen) atoms. The number of carbonyl (C=O) groups excluding carboxylic acids is 1. The second-order valence-corrected chi connectivity index (χ2v) is 9.55. The van der Waals surface area contributed by atoms with Crippen LogP contribution in [-0.4, -0.2) is 24.0 Å². The van der Waals surface area contributed by atoms with Crippen LogP contribution < -0.4 is 4.72 Å². The number of nitrogens with zero attached hydrogens (tertiary/aromatic N) is 2. The van der Waals surface area contributed by atoms with Crippen LogP contribution in [0.4, 0.5) is 5.82 Å². The summed E-state index contributed by atoms with van der Waals surface area (Å²) in [7, 11) is -3.76. The van der Waals surface area contributed by atoms with Crippen molar-refractivity contribution < 1.29 is 13.2 Å². The van der Waals surface area contributed by atoms with Crippen LogP contribution in [0.3, 0.4) is 0 Å². The van der Waals surface area contributed by atoms with Crippen LogP contribution in [0, 0.1) is 0 Å². The van der Waals surface area contributed by atoms with E-state index in [1.807, 2.05) is 29.6 Å². The van der Waals surface area contributed by atoms with Crippen LogP contribution >= 0.6 is 11.3 Å². The second-order valence-electron chi connectivity index (χ2n) is 6.92. The van der Waals surface area contributed by atoms with Crippen molar-refractivity contribution in [3.8, 4) is 10.6 Å². The molecule has 2 aromatic heterocycles. The number of hydrogen-bond donors (Lipinski definition) is 1. The first-order chi connectivity index (χ1) is 13.9. The van der Waals surface area contributed by atoms with E-state index in [-0.39, 0.29) is 17.1 Å². The standard InChI is InChI=1S/C21H25N3O3S2/c1-3-4-6-17-8-10-18(11-9-17)29(26,27)23-21-15-19(20-7-5-14-28-20)22-24(21)13-12-16(2)25/h5,7-11,14-15,23H,3-4,6,12-13H2,1-2H3. The van der Waals surface area contributed by atoms with Crippen molar-refractivity contribution in [2.75, 3.05) is 4.72 Å². The fourth-order valence-electron chi connectivity index (χ4n) is 2.89. The molecule has 1 aromatic carbocycles. The number of carbonyl (C=O) groups is 1. The Morgan fingerprint density at radius 2 is 1.97 bits per heavy atom. The zero-order valence-corrected chi connectivity index (χ0v) is 18.2. The molecule has 6 nitrogen and oxygen atoms in total. The maximum Gasteiger partial charge on any atom is 0.263 e. The Labute approximate surface area is 175 Å². The molecule has 0 radical (unpaired) electrons. The van der Waals surface area contributed by atoms with Gasteiger partial charge in [0.1, 0.15) is 17.3 Å². The van der Waals surface area contributed by atoms with Gasteiger partial charge in [-0.25, -0.2) is 13.1 Å². The summed E-state index contributed by atoms with van der Waals surface area (Å²) < 4.78 is 30.0. The average Bonchev–Trinajstić information content (AvgIpc) is 3.34. The topological polar surface area (TPSA) is 81.1 Å². The van der Waals surface area contributed by atoms with Gasteiger partial charge in [-0.2, -0.15) is 5.10 Å². The number of sulfonamides is 1. The van der Waals surface area contributed by atoms with Crippen molar-refractivity contribution in [1.82, 2.24) is 9.78 Å². The van der Waals surface area contributed by atoms with Crippen LogP contribution in [0.2, 0.25) is 0 Å². The van der Waals surface area contributed by atoms with E-state index in [1.54, 1.807) is 22.9 Å². The van der Waals surface area contributed by atoms with Gasteiger partial charge in [0.2, 0.25) is 0 Å². The summed E-state index contributed by atoms with van der Waals surface area (Å²) in [4.78, 5) is 12.5. The molecule has 0 bridgehead atoms. The summed E-state index contributed by atoms with van der Waals surface area (Å²) in [5.74, 6) is 0.374. The number of nitrogens with one attached hydrogen (secondary N) is 1. The lowest BCUT2D eigenvalue weighted by Crippen LogP contribution is -2.17. The van der Waals surface area contributed by atoms with E-state index >= 15 is 0 Å². The molecule has 2 heterocycles. The third kappa shape index (κ3) is 5.55. The minimum absolute atomic E-state index is 0.0228. The maximum atomic E-state index is 12.9. The number of benzene rings is 1. The number of ketones is 1. The summed E-state index contributed by atoms with van der Waals surface area (Å²) in [5, 5.41) is 6.44. The minimum Gasteiger partial charge on any atom is -0.300 e. The molecule has 0 saturated carbocycles. The van der Waals surface area contributed by atoms with E-state index in [2.05, 4.69) is 16.7 Å². The number of thiophene rings is 1. The quantitative estimate of drug-likeness (QED) is 0.503. The molecule has 8 heteroatoms. The fraction of sp³-hybridized carbons (Fsp3) is 0.333. The molecule has 3 aromatic rings. The van der Waals surface area contributed by atoms with Gasteiger partial charge in [0, 0.05) is 12.5 Å². The number of Topliss-reactive ketones (excluding diaryl/α,β-unsaturated/α-hetero) is 1. The lowest BCUT2D eigenvalue weighted by Gasteiger charge is -2.10. The van der Waals surface area contributed by atoms with Crippen LogP contribution in [0.1, 0.15) is 38.7 Å². The molecule has 1 N–H and O–H groups in total. The van der Waals surface area contributed by atoms with Crippen molar-refractivity contribution in [2.45, 2.75) is 51.0 Å².